The second-order valence-corrected chi connectivity index (χ2v) is 5.89. The largest absolute Gasteiger partial charge is 0.392 e. The SMILES string of the molecule is CC(O)CN(C(=O)CCc1ccc2[nH]ccc2c1)C(C)C. The molecule has 0 aliphatic carbocycles. The topological polar surface area (TPSA) is 56.3 Å². The van der Waals surface area contributed by atoms with E-state index in [0.717, 1.165) is 17.5 Å². The average Bonchev–Trinajstić information content (AvgIpc) is 2.89. The minimum absolute atomic E-state index is 0.0973. The fraction of sp³-hybridized carbons (Fsp3) is 0.471. The van der Waals surface area contributed by atoms with Crippen molar-refractivity contribution in [2.45, 2.75) is 45.8 Å². The number of aliphatic hydroxyl groups excluding tert-OH is 1. The number of aliphatic hydroxyl groups is 1. The van der Waals surface area contributed by atoms with Gasteiger partial charge in [-0.25, -0.2) is 0 Å². The van der Waals surface area contributed by atoms with Gasteiger partial charge in [0.1, 0.15) is 0 Å². The molecule has 0 aliphatic heterocycles. The fourth-order valence-electron chi connectivity index (χ4n) is 2.54. The average molecular weight is 288 g/mol. The van der Waals surface area contributed by atoms with Crippen molar-refractivity contribution < 1.29 is 9.90 Å². The number of nitrogens with zero attached hydrogens (tertiary/aromatic N) is 1. The van der Waals surface area contributed by atoms with E-state index in [0.29, 0.717) is 13.0 Å². The van der Waals surface area contributed by atoms with Gasteiger partial charge in [-0.15, -0.1) is 0 Å². The summed E-state index contributed by atoms with van der Waals surface area (Å²) in [5.41, 5.74) is 2.28. The molecule has 0 fully saturated rings. The molecule has 4 heteroatoms. The molecule has 1 amide bonds. The summed E-state index contributed by atoms with van der Waals surface area (Å²) in [6.07, 6.45) is 2.62. The van der Waals surface area contributed by atoms with Crippen molar-refractivity contribution in [2.24, 2.45) is 0 Å². The molecule has 1 unspecified atom stereocenters. The summed E-state index contributed by atoms with van der Waals surface area (Å²) in [7, 11) is 0. The summed E-state index contributed by atoms with van der Waals surface area (Å²) in [4.78, 5) is 17.2. The summed E-state index contributed by atoms with van der Waals surface area (Å²) >= 11 is 0. The maximum Gasteiger partial charge on any atom is 0.223 e. The minimum Gasteiger partial charge on any atom is -0.392 e. The first-order chi connectivity index (χ1) is 9.97. The van der Waals surface area contributed by atoms with Crippen molar-refractivity contribution in [1.29, 1.82) is 0 Å². The van der Waals surface area contributed by atoms with Gasteiger partial charge in [0.2, 0.25) is 5.91 Å². The number of aromatic nitrogens is 1. The monoisotopic (exact) mass is 288 g/mol. The normalized spacial score (nSPS) is 12.8. The van der Waals surface area contributed by atoms with Crippen LogP contribution < -0.4 is 0 Å². The summed E-state index contributed by atoms with van der Waals surface area (Å²) in [6, 6.07) is 8.37. The van der Waals surface area contributed by atoms with Gasteiger partial charge < -0.3 is 15.0 Å². The highest BCUT2D eigenvalue weighted by Crippen LogP contribution is 2.16. The van der Waals surface area contributed by atoms with Crippen LogP contribution in [-0.2, 0) is 11.2 Å². The first-order valence-corrected chi connectivity index (χ1v) is 7.51. The number of amides is 1. The summed E-state index contributed by atoms with van der Waals surface area (Å²) < 4.78 is 0. The number of aryl methyl sites for hydroxylation is 1. The molecular formula is C17H24N2O2. The van der Waals surface area contributed by atoms with Crippen LogP contribution in [0.1, 0.15) is 32.8 Å². The second-order valence-electron chi connectivity index (χ2n) is 5.89. The van der Waals surface area contributed by atoms with Gasteiger partial charge in [-0.2, -0.15) is 0 Å². The van der Waals surface area contributed by atoms with Gasteiger partial charge in [0, 0.05) is 30.7 Å². The Bertz CT molecular complexity index is 602. The molecule has 0 radical (unpaired) electrons. The lowest BCUT2D eigenvalue weighted by atomic mass is 10.1. The Labute approximate surface area is 125 Å². The third-order valence-corrected chi connectivity index (χ3v) is 3.65. The van der Waals surface area contributed by atoms with Crippen LogP contribution in [0.5, 0.6) is 0 Å². The minimum atomic E-state index is -0.493. The van der Waals surface area contributed by atoms with E-state index in [2.05, 4.69) is 17.1 Å². The number of hydrogen-bond donors (Lipinski definition) is 2. The van der Waals surface area contributed by atoms with Gasteiger partial charge in [-0.05, 0) is 56.3 Å². The first kappa shape index (κ1) is 15.6. The van der Waals surface area contributed by atoms with Gasteiger partial charge >= 0.3 is 0 Å². The van der Waals surface area contributed by atoms with Crippen molar-refractivity contribution in [2.75, 3.05) is 6.54 Å². The molecule has 0 spiro atoms. The Morgan fingerprint density at radius 1 is 1.29 bits per heavy atom. The molecule has 0 aliphatic rings. The van der Waals surface area contributed by atoms with Crippen molar-refractivity contribution >= 4 is 16.8 Å². The number of carbonyl (C=O) groups is 1. The van der Waals surface area contributed by atoms with E-state index in [9.17, 15) is 9.90 Å². The summed E-state index contributed by atoms with van der Waals surface area (Å²) in [6.45, 7) is 6.06. The van der Waals surface area contributed by atoms with E-state index >= 15 is 0 Å². The van der Waals surface area contributed by atoms with Crippen molar-refractivity contribution in [3.63, 3.8) is 0 Å². The number of rotatable bonds is 6. The molecule has 0 saturated heterocycles. The van der Waals surface area contributed by atoms with Crippen LogP contribution in [0.4, 0.5) is 0 Å². The van der Waals surface area contributed by atoms with E-state index in [1.54, 1.807) is 11.8 Å². The number of fused-ring (bicyclic) bond motifs is 1. The zero-order chi connectivity index (χ0) is 15.4. The van der Waals surface area contributed by atoms with Gasteiger partial charge in [0.15, 0.2) is 0 Å². The number of hydrogen-bond acceptors (Lipinski definition) is 2. The van der Waals surface area contributed by atoms with Crippen molar-refractivity contribution in [1.82, 2.24) is 9.88 Å². The molecular weight excluding hydrogens is 264 g/mol. The maximum atomic E-state index is 12.3. The molecule has 1 heterocycles. The summed E-state index contributed by atoms with van der Waals surface area (Å²) in [5.74, 6) is 0.0973. The number of aromatic amines is 1. The predicted molar refractivity (Wildman–Crippen MR) is 85.1 cm³/mol. The summed E-state index contributed by atoms with van der Waals surface area (Å²) in [5, 5.41) is 10.7. The molecule has 1 aromatic heterocycles. The van der Waals surface area contributed by atoms with Crippen LogP contribution in [0.15, 0.2) is 30.5 Å². The number of carbonyl (C=O) groups excluding carboxylic acids is 1. The smallest absolute Gasteiger partial charge is 0.223 e. The number of benzene rings is 1. The molecule has 2 N–H and O–H groups in total. The Hall–Kier alpha value is -1.81. The van der Waals surface area contributed by atoms with Crippen LogP contribution in [0.2, 0.25) is 0 Å². The lowest BCUT2D eigenvalue weighted by molar-refractivity contribution is -0.134. The van der Waals surface area contributed by atoms with Gasteiger partial charge in [0.25, 0.3) is 0 Å². The van der Waals surface area contributed by atoms with E-state index in [1.165, 1.54) is 5.39 Å². The first-order valence-electron chi connectivity index (χ1n) is 7.51. The van der Waals surface area contributed by atoms with Gasteiger partial charge in [-0.3, -0.25) is 4.79 Å². The highest BCUT2D eigenvalue weighted by molar-refractivity contribution is 5.80. The molecule has 1 atom stereocenters. The molecule has 21 heavy (non-hydrogen) atoms. The predicted octanol–water partition coefficient (Wildman–Crippen LogP) is 2.72. The number of H-pyrrole nitrogens is 1. The third kappa shape index (κ3) is 4.08. The van der Waals surface area contributed by atoms with Gasteiger partial charge in [-0.1, -0.05) is 6.07 Å². The Morgan fingerprint density at radius 3 is 2.71 bits per heavy atom. The van der Waals surface area contributed by atoms with Crippen LogP contribution in [0.25, 0.3) is 10.9 Å². The molecule has 2 rings (SSSR count). The molecule has 4 nitrogen and oxygen atoms in total. The Balaban J connectivity index is 1.98. The molecule has 1 aromatic carbocycles. The fourth-order valence-corrected chi connectivity index (χ4v) is 2.54. The maximum absolute atomic E-state index is 12.3. The van der Waals surface area contributed by atoms with E-state index < -0.39 is 6.10 Å². The molecule has 0 bridgehead atoms. The van der Waals surface area contributed by atoms with Crippen LogP contribution in [0, 0.1) is 0 Å². The zero-order valence-corrected chi connectivity index (χ0v) is 13.0. The molecule has 2 aromatic rings. The van der Waals surface area contributed by atoms with Crippen LogP contribution >= 0.6 is 0 Å². The highest BCUT2D eigenvalue weighted by Gasteiger charge is 2.18. The van der Waals surface area contributed by atoms with E-state index in [4.69, 9.17) is 0 Å². The zero-order valence-electron chi connectivity index (χ0n) is 13.0. The van der Waals surface area contributed by atoms with E-state index in [-0.39, 0.29) is 11.9 Å². The number of nitrogens with one attached hydrogen (secondary N) is 1. The molecule has 114 valence electrons. The van der Waals surface area contributed by atoms with Crippen molar-refractivity contribution in [3.05, 3.63) is 36.0 Å². The second kappa shape index (κ2) is 6.76. The third-order valence-electron chi connectivity index (χ3n) is 3.65. The van der Waals surface area contributed by atoms with E-state index in [1.807, 2.05) is 32.2 Å². The lowest BCUT2D eigenvalue weighted by Gasteiger charge is -2.28. The quantitative estimate of drug-likeness (QED) is 0.858. The lowest BCUT2D eigenvalue weighted by Crippen LogP contribution is -2.41. The standard InChI is InChI=1S/C17H24N2O2/c1-12(2)19(11-13(3)20)17(21)7-5-14-4-6-16-15(10-14)8-9-18-16/h4,6,8-10,12-13,18,20H,5,7,11H2,1-3H3. The molecule has 0 saturated carbocycles. The van der Waals surface area contributed by atoms with Crippen LogP contribution in [-0.4, -0.2) is 39.6 Å². The van der Waals surface area contributed by atoms with Crippen molar-refractivity contribution in [3.8, 4) is 0 Å². The Morgan fingerprint density at radius 2 is 2.05 bits per heavy atom. The van der Waals surface area contributed by atoms with Crippen LogP contribution in [0.3, 0.4) is 0 Å². The Kier molecular flexibility index (Phi) is 5.02. The highest BCUT2D eigenvalue weighted by atomic mass is 16.3. The van der Waals surface area contributed by atoms with Gasteiger partial charge in [0.05, 0.1) is 6.10 Å².